The predicted molar refractivity (Wildman–Crippen MR) is 333 cm³/mol. The third-order valence-corrected chi connectivity index (χ3v) is 16.5. The fourth-order valence-corrected chi connectivity index (χ4v) is 11.1. The Labute approximate surface area is 524 Å². The number of aliphatic hydroxyl groups excluding tert-OH is 3. The molecule has 1 fully saturated rings. The number of hydrogen-bond acceptors (Lipinski definition) is 15. The number of amides is 11. The van der Waals surface area contributed by atoms with Crippen LogP contribution in [0.2, 0.25) is 0 Å². The number of carbonyl (C=O) groups excluding carboxylic acids is 11. The van der Waals surface area contributed by atoms with E-state index in [-0.39, 0.29) is 49.4 Å². The molecule has 0 bridgehead atoms. The van der Waals surface area contributed by atoms with E-state index < -0.39 is 168 Å². The van der Waals surface area contributed by atoms with Gasteiger partial charge in [-0.25, -0.2) is 0 Å². The van der Waals surface area contributed by atoms with Crippen LogP contribution >= 0.6 is 0 Å². The quantitative estimate of drug-likeness (QED) is 0.0944. The van der Waals surface area contributed by atoms with E-state index in [4.69, 9.17) is 4.74 Å². The first-order chi connectivity index (χ1) is 40.7. The van der Waals surface area contributed by atoms with E-state index >= 15 is 4.79 Å². The van der Waals surface area contributed by atoms with E-state index in [0.717, 1.165) is 28.2 Å². The zero-order valence-corrected chi connectivity index (χ0v) is 57.1. The van der Waals surface area contributed by atoms with Crippen molar-refractivity contribution in [2.75, 3.05) is 56.0 Å². The summed E-state index contributed by atoms with van der Waals surface area (Å²) in [5, 5.41) is 47.7. The second kappa shape index (κ2) is 36.6. The van der Waals surface area contributed by atoms with Crippen LogP contribution in [0, 0.1) is 35.5 Å². The number of likely N-dealkylation sites (N-methyl/N-ethyl adjacent to an activating group) is 6. The van der Waals surface area contributed by atoms with Gasteiger partial charge in [0.2, 0.25) is 65.0 Å². The zero-order chi connectivity index (χ0) is 68.3. The van der Waals surface area contributed by atoms with Gasteiger partial charge in [-0.1, -0.05) is 95.9 Å². The number of nitrogens with zero attached hydrogens (tertiary/aromatic N) is 6. The van der Waals surface area contributed by atoms with Crippen LogP contribution in [-0.2, 0) is 57.5 Å². The number of carbonyl (C=O) groups is 11. The molecule has 1 aliphatic heterocycles. The lowest BCUT2D eigenvalue weighted by molar-refractivity contribution is -0.156. The molecule has 26 nitrogen and oxygen atoms in total. The summed E-state index contributed by atoms with van der Waals surface area (Å²) in [6, 6.07) is -15.8. The van der Waals surface area contributed by atoms with E-state index in [9.17, 15) is 63.3 Å². The van der Waals surface area contributed by atoms with Crippen LogP contribution in [-0.4, -0.2) is 250 Å². The molecule has 0 aromatic heterocycles. The molecule has 26 heteroatoms. The first-order valence-electron chi connectivity index (χ1n) is 31.3. The summed E-state index contributed by atoms with van der Waals surface area (Å²) in [6.45, 7) is 26.0. The van der Waals surface area contributed by atoms with Crippen molar-refractivity contribution < 1.29 is 72.8 Å². The Hall–Kier alpha value is -5.99. The number of ether oxygens (including phenoxy) is 1. The highest BCUT2D eigenvalue weighted by Crippen LogP contribution is 2.25. The number of methoxy groups -OCH3 is 1. The molecule has 0 saturated carbocycles. The van der Waals surface area contributed by atoms with E-state index in [0.29, 0.717) is 12.8 Å². The molecule has 0 aromatic carbocycles. The Balaban J connectivity index is 4.43. The molecule has 506 valence electrons. The van der Waals surface area contributed by atoms with Gasteiger partial charge in [0.15, 0.2) is 0 Å². The van der Waals surface area contributed by atoms with E-state index in [1.807, 2.05) is 48.5 Å². The van der Waals surface area contributed by atoms with Gasteiger partial charge in [0, 0.05) is 49.4 Å². The van der Waals surface area contributed by atoms with Gasteiger partial charge < -0.3 is 76.0 Å². The lowest BCUT2D eigenvalue weighted by atomic mass is 9.90. The van der Waals surface area contributed by atoms with Crippen molar-refractivity contribution in [1.29, 1.82) is 0 Å². The second-order valence-electron chi connectivity index (χ2n) is 26.4. The summed E-state index contributed by atoms with van der Waals surface area (Å²) in [4.78, 5) is 167. The second-order valence-corrected chi connectivity index (χ2v) is 26.4. The maximum Gasteiger partial charge on any atom is 0.248 e. The lowest BCUT2D eigenvalue weighted by Gasteiger charge is -2.40. The van der Waals surface area contributed by atoms with Crippen molar-refractivity contribution in [3.63, 3.8) is 0 Å². The Bertz CT molecular complexity index is 2350. The number of aliphatic hydroxyl groups is 3. The molecule has 8 N–H and O–H groups in total. The van der Waals surface area contributed by atoms with Crippen molar-refractivity contribution in [3.8, 4) is 0 Å². The third-order valence-electron chi connectivity index (χ3n) is 16.5. The minimum Gasteiger partial charge on any atom is -0.394 e. The smallest absolute Gasteiger partial charge is 0.248 e. The lowest BCUT2D eigenvalue weighted by Crippen LogP contribution is -2.65. The summed E-state index contributed by atoms with van der Waals surface area (Å²) >= 11 is 0. The first-order valence-corrected chi connectivity index (χ1v) is 31.3. The maximum absolute atomic E-state index is 15.1. The molecule has 1 heterocycles. The SMILES string of the molecule is CCCC[C@@H](C)[C@@H](O)[C@H]1C(=O)N[C@@H]([C@@H](C)O)C(=O)N(C)[C@H](CO)C(=O)N(C)[C@@H](C(C)OC)C(=O)NC(CC(C)C)C(=O)N(C)C(CC(C)C)C(=O)N[C@@H](C)C(=O)N[C@H](C)C(=O)N(C)[C@@H](CC(C)C)C(=O)N[C@@H](CC(C)C)C(=O)N(C)[C@@H](C(C)C)C(=O)N1C. The molecule has 1 rings (SSSR count). The molecule has 0 spiro atoms. The molecule has 15 atom stereocenters. The van der Waals surface area contributed by atoms with Crippen molar-refractivity contribution in [2.24, 2.45) is 35.5 Å². The van der Waals surface area contributed by atoms with Gasteiger partial charge in [0.05, 0.1) is 24.9 Å². The van der Waals surface area contributed by atoms with Gasteiger partial charge in [-0.2, -0.15) is 0 Å². The highest BCUT2D eigenvalue weighted by molar-refractivity contribution is 6.00. The topological polar surface area (TPSA) is 337 Å². The molecule has 1 saturated heterocycles. The average Bonchev–Trinajstić information content (AvgIpc) is 3.55. The molecule has 3 unspecified atom stereocenters. The van der Waals surface area contributed by atoms with Crippen molar-refractivity contribution in [3.05, 3.63) is 0 Å². The number of nitrogens with one attached hydrogen (secondary N) is 5. The normalized spacial score (nSPS) is 27.7. The van der Waals surface area contributed by atoms with Gasteiger partial charge in [0.25, 0.3) is 0 Å². The molecule has 88 heavy (non-hydrogen) atoms. The third kappa shape index (κ3) is 22.2. The Morgan fingerprint density at radius 1 is 0.443 bits per heavy atom. The molecular formula is C62H113N11O15. The van der Waals surface area contributed by atoms with Gasteiger partial charge in [-0.05, 0) is 95.3 Å². The van der Waals surface area contributed by atoms with Gasteiger partial charge in [-0.3, -0.25) is 52.7 Å². The van der Waals surface area contributed by atoms with E-state index in [1.54, 1.807) is 34.6 Å². The van der Waals surface area contributed by atoms with Crippen LogP contribution in [0.4, 0.5) is 0 Å². The fourth-order valence-electron chi connectivity index (χ4n) is 11.1. The van der Waals surface area contributed by atoms with Crippen LogP contribution in [0.5, 0.6) is 0 Å². The summed E-state index contributed by atoms with van der Waals surface area (Å²) in [5.41, 5.74) is 0. The van der Waals surface area contributed by atoms with Gasteiger partial charge >= 0.3 is 0 Å². The van der Waals surface area contributed by atoms with E-state index in [1.165, 1.54) is 84.7 Å². The first kappa shape index (κ1) is 80.0. The number of hydrogen-bond donors (Lipinski definition) is 8. The minimum absolute atomic E-state index is 0.0456. The molecule has 11 amide bonds. The summed E-state index contributed by atoms with van der Waals surface area (Å²) < 4.78 is 5.59. The minimum atomic E-state index is -1.88. The maximum atomic E-state index is 15.1. The van der Waals surface area contributed by atoms with Crippen molar-refractivity contribution >= 4 is 65.0 Å². The van der Waals surface area contributed by atoms with Crippen LogP contribution in [0.25, 0.3) is 0 Å². The average molecular weight is 1250 g/mol. The molecular weight excluding hydrogens is 1140 g/mol. The van der Waals surface area contributed by atoms with Gasteiger partial charge in [0.1, 0.15) is 66.5 Å². The Kier molecular flexibility index (Phi) is 33.3. The van der Waals surface area contributed by atoms with Crippen LogP contribution < -0.4 is 26.6 Å². The van der Waals surface area contributed by atoms with Crippen molar-refractivity contribution in [1.82, 2.24) is 56.0 Å². The van der Waals surface area contributed by atoms with Gasteiger partial charge in [-0.15, -0.1) is 0 Å². The van der Waals surface area contributed by atoms with Crippen molar-refractivity contribution in [2.45, 2.75) is 240 Å². The Morgan fingerprint density at radius 3 is 1.27 bits per heavy atom. The highest BCUT2D eigenvalue weighted by Gasteiger charge is 2.46. The standard InChI is InChI=1S/C62H113N11O15/c1-24-25-26-37(12)51(76)50-56(81)67-47(40(15)75)61(86)70(19)46(31-74)60(85)72(21)49(41(16)88-23)55(80)66-42(27-32(2)3)58(83)69(18)44(29-34(6)7)53(78)63-38(13)52(77)64-39(14)57(82)68(17)45(30-35(8)9)54(79)65-43(28-33(4)5)59(84)71(20)48(36(10)11)62(87)73(50)22/h32-51,74-76H,24-31H2,1-23H3,(H,63,78)(H,64,77)(H,65,79)(H,66,80)(H,67,81)/t37-,38+,39-,40-,41?,42?,43+,44?,45+,46-,47+,48+,49+,50+,51-/m1/s1. The number of unbranched alkanes of at least 4 members (excludes halogenated alkanes) is 1. The monoisotopic (exact) mass is 1250 g/mol. The molecule has 0 aliphatic carbocycles. The van der Waals surface area contributed by atoms with E-state index in [2.05, 4.69) is 26.6 Å². The van der Waals surface area contributed by atoms with Crippen LogP contribution in [0.3, 0.4) is 0 Å². The number of rotatable bonds is 18. The molecule has 0 aromatic rings. The molecule has 1 aliphatic rings. The predicted octanol–water partition coefficient (Wildman–Crippen LogP) is 0.861. The summed E-state index contributed by atoms with van der Waals surface area (Å²) in [6.07, 6.45) is -2.31. The van der Waals surface area contributed by atoms with Crippen LogP contribution in [0.15, 0.2) is 0 Å². The highest BCUT2D eigenvalue weighted by atomic mass is 16.5. The van der Waals surface area contributed by atoms with Crippen LogP contribution in [0.1, 0.15) is 156 Å². The zero-order valence-electron chi connectivity index (χ0n) is 57.1. The molecule has 0 radical (unpaired) electrons. The largest absolute Gasteiger partial charge is 0.394 e. The summed E-state index contributed by atoms with van der Waals surface area (Å²) in [5.74, 6) is -11.3. The fraction of sp³-hybridized carbons (Fsp3) is 0.823. The Morgan fingerprint density at radius 2 is 0.841 bits per heavy atom. The summed E-state index contributed by atoms with van der Waals surface area (Å²) in [7, 11) is 9.06.